The van der Waals surface area contributed by atoms with Crippen molar-refractivity contribution in [3.05, 3.63) is 0 Å². The summed E-state index contributed by atoms with van der Waals surface area (Å²) in [6.45, 7) is 4.85. The highest BCUT2D eigenvalue weighted by Gasteiger charge is 2.16. The molecule has 1 aliphatic rings. The third-order valence-electron chi connectivity index (χ3n) is 4.59. The summed E-state index contributed by atoms with van der Waals surface area (Å²) in [4.78, 5) is 0. The van der Waals surface area contributed by atoms with Crippen molar-refractivity contribution in [2.75, 3.05) is 18.1 Å². The molecule has 120 valence electrons. The van der Waals surface area contributed by atoms with E-state index in [-0.39, 0.29) is 5.75 Å². The number of hydrogen-bond acceptors (Lipinski definition) is 3. The van der Waals surface area contributed by atoms with Crippen LogP contribution in [0.1, 0.15) is 71.6 Å². The second-order valence-electron chi connectivity index (χ2n) is 6.21. The molecule has 1 saturated carbocycles. The number of sulfone groups is 1. The normalized spacial score (nSPS) is 19.1. The molecule has 0 spiro atoms. The van der Waals surface area contributed by atoms with Gasteiger partial charge in [0.25, 0.3) is 0 Å². The van der Waals surface area contributed by atoms with Gasteiger partial charge >= 0.3 is 0 Å². The van der Waals surface area contributed by atoms with E-state index in [0.717, 1.165) is 25.3 Å². The van der Waals surface area contributed by atoms with Gasteiger partial charge < -0.3 is 5.32 Å². The molecule has 0 aromatic rings. The zero-order valence-electron chi connectivity index (χ0n) is 13.4. The summed E-state index contributed by atoms with van der Waals surface area (Å²) in [6.07, 6.45) is 11.4. The number of nitrogens with one attached hydrogen (secondary N) is 1. The van der Waals surface area contributed by atoms with Gasteiger partial charge in [0, 0.05) is 11.8 Å². The second-order valence-corrected chi connectivity index (χ2v) is 8.69. The van der Waals surface area contributed by atoms with Crippen LogP contribution < -0.4 is 5.32 Å². The summed E-state index contributed by atoms with van der Waals surface area (Å²) >= 11 is 0. The van der Waals surface area contributed by atoms with Gasteiger partial charge in [-0.15, -0.1) is 0 Å². The van der Waals surface area contributed by atoms with Gasteiger partial charge in [0.2, 0.25) is 0 Å². The molecule has 1 rings (SSSR count). The Balaban J connectivity index is 2.24. The minimum absolute atomic E-state index is 0.279. The van der Waals surface area contributed by atoms with Gasteiger partial charge in [0.15, 0.2) is 0 Å². The minimum Gasteiger partial charge on any atom is -0.314 e. The lowest BCUT2D eigenvalue weighted by atomic mass is 9.85. The highest BCUT2D eigenvalue weighted by molar-refractivity contribution is 7.91. The molecule has 0 radical (unpaired) electrons. The summed E-state index contributed by atoms with van der Waals surface area (Å²) in [7, 11) is -2.79. The number of rotatable bonds is 10. The van der Waals surface area contributed by atoms with Crippen LogP contribution in [0.3, 0.4) is 0 Å². The monoisotopic (exact) mass is 303 g/mol. The largest absolute Gasteiger partial charge is 0.314 e. The van der Waals surface area contributed by atoms with Crippen molar-refractivity contribution in [3.63, 3.8) is 0 Å². The summed E-state index contributed by atoms with van der Waals surface area (Å²) in [5.74, 6) is 1.56. The van der Waals surface area contributed by atoms with E-state index in [9.17, 15) is 8.42 Å². The van der Waals surface area contributed by atoms with Crippen LogP contribution in [0.4, 0.5) is 0 Å². The molecular formula is C16H33NO2S. The Morgan fingerprint density at radius 2 is 1.80 bits per heavy atom. The molecule has 1 fully saturated rings. The molecule has 4 heteroatoms. The highest BCUT2D eigenvalue weighted by atomic mass is 32.2. The standard InChI is InChI=1S/C16H33NO2S/c1-3-17-16(11-8-14-20(18,19)4-2)13-12-15-9-6-5-7-10-15/h15-17H,3-14H2,1-2H3. The van der Waals surface area contributed by atoms with Gasteiger partial charge in [-0.25, -0.2) is 8.42 Å². The molecule has 20 heavy (non-hydrogen) atoms. The summed E-state index contributed by atoms with van der Waals surface area (Å²) in [5, 5.41) is 3.53. The highest BCUT2D eigenvalue weighted by Crippen LogP contribution is 2.28. The predicted molar refractivity (Wildman–Crippen MR) is 86.8 cm³/mol. The lowest BCUT2D eigenvalue weighted by Crippen LogP contribution is -2.30. The van der Waals surface area contributed by atoms with Crippen LogP contribution in [0.25, 0.3) is 0 Å². The molecule has 0 saturated heterocycles. The van der Waals surface area contributed by atoms with E-state index in [1.165, 1.54) is 44.9 Å². The lowest BCUT2D eigenvalue weighted by Gasteiger charge is -2.24. The van der Waals surface area contributed by atoms with E-state index >= 15 is 0 Å². The van der Waals surface area contributed by atoms with Crippen LogP contribution in [-0.4, -0.2) is 32.5 Å². The molecule has 1 unspecified atom stereocenters. The quantitative estimate of drug-likeness (QED) is 0.671. The average Bonchev–Trinajstić information content (AvgIpc) is 2.46. The first-order valence-corrected chi connectivity index (χ1v) is 10.3. The van der Waals surface area contributed by atoms with Crippen molar-refractivity contribution in [1.82, 2.24) is 5.32 Å². The van der Waals surface area contributed by atoms with Gasteiger partial charge in [0.1, 0.15) is 9.84 Å². The maximum Gasteiger partial charge on any atom is 0.150 e. The Morgan fingerprint density at radius 3 is 2.40 bits per heavy atom. The van der Waals surface area contributed by atoms with Crippen LogP contribution in [0.15, 0.2) is 0 Å². The van der Waals surface area contributed by atoms with Crippen molar-refractivity contribution < 1.29 is 8.42 Å². The van der Waals surface area contributed by atoms with E-state index < -0.39 is 9.84 Å². The van der Waals surface area contributed by atoms with Crippen molar-refractivity contribution in [2.45, 2.75) is 77.7 Å². The van der Waals surface area contributed by atoms with Crippen molar-refractivity contribution in [1.29, 1.82) is 0 Å². The maximum atomic E-state index is 11.5. The predicted octanol–water partition coefficient (Wildman–Crippen LogP) is 3.54. The van der Waals surface area contributed by atoms with E-state index in [0.29, 0.717) is 11.8 Å². The molecule has 1 atom stereocenters. The molecule has 3 nitrogen and oxygen atoms in total. The molecule has 0 aromatic heterocycles. The fourth-order valence-electron chi connectivity index (χ4n) is 3.24. The molecule has 0 heterocycles. The smallest absolute Gasteiger partial charge is 0.150 e. The Bertz CT molecular complexity index is 334. The summed E-state index contributed by atoms with van der Waals surface area (Å²) < 4.78 is 23.0. The summed E-state index contributed by atoms with van der Waals surface area (Å²) in [6, 6.07) is 0.508. The molecule has 0 amide bonds. The molecule has 1 N–H and O–H groups in total. The van der Waals surface area contributed by atoms with Crippen LogP contribution in [0, 0.1) is 5.92 Å². The van der Waals surface area contributed by atoms with Crippen LogP contribution in [0.5, 0.6) is 0 Å². The first-order chi connectivity index (χ1) is 9.57. The maximum absolute atomic E-state index is 11.5. The molecule has 1 aliphatic carbocycles. The molecule has 0 bridgehead atoms. The van der Waals surface area contributed by atoms with E-state index in [2.05, 4.69) is 12.2 Å². The molecular weight excluding hydrogens is 270 g/mol. The van der Waals surface area contributed by atoms with E-state index in [4.69, 9.17) is 0 Å². The fraction of sp³-hybridized carbons (Fsp3) is 1.00. The zero-order valence-corrected chi connectivity index (χ0v) is 14.2. The van der Waals surface area contributed by atoms with Crippen molar-refractivity contribution in [2.24, 2.45) is 5.92 Å². The van der Waals surface area contributed by atoms with Gasteiger partial charge in [0.05, 0.1) is 5.75 Å². The lowest BCUT2D eigenvalue weighted by molar-refractivity contribution is 0.309. The van der Waals surface area contributed by atoms with Gasteiger partial charge in [-0.2, -0.15) is 0 Å². The first-order valence-electron chi connectivity index (χ1n) is 8.51. The first kappa shape index (κ1) is 18.0. The Hall–Kier alpha value is -0.0900. The minimum atomic E-state index is -2.79. The Morgan fingerprint density at radius 1 is 1.10 bits per heavy atom. The van der Waals surface area contributed by atoms with E-state index in [1.54, 1.807) is 6.92 Å². The average molecular weight is 304 g/mol. The van der Waals surface area contributed by atoms with Crippen molar-refractivity contribution in [3.8, 4) is 0 Å². The topological polar surface area (TPSA) is 46.2 Å². The van der Waals surface area contributed by atoms with Crippen LogP contribution in [-0.2, 0) is 9.84 Å². The molecule has 0 aromatic carbocycles. The Labute approximate surface area is 125 Å². The fourth-order valence-corrected chi connectivity index (χ4v) is 4.14. The van der Waals surface area contributed by atoms with Crippen molar-refractivity contribution >= 4 is 9.84 Å². The van der Waals surface area contributed by atoms with Crippen LogP contribution in [0.2, 0.25) is 0 Å². The molecule has 0 aliphatic heterocycles. The number of hydrogen-bond donors (Lipinski definition) is 1. The summed E-state index contributed by atoms with van der Waals surface area (Å²) in [5.41, 5.74) is 0. The SMILES string of the molecule is CCNC(CCCS(=O)(=O)CC)CCC1CCCCC1. The third-order valence-corrected chi connectivity index (χ3v) is 6.38. The van der Waals surface area contributed by atoms with Crippen LogP contribution >= 0.6 is 0 Å². The Kier molecular flexibility index (Phi) is 8.78. The van der Waals surface area contributed by atoms with E-state index in [1.807, 2.05) is 0 Å². The second kappa shape index (κ2) is 9.78. The van der Waals surface area contributed by atoms with Gasteiger partial charge in [-0.1, -0.05) is 46.0 Å². The van der Waals surface area contributed by atoms with Gasteiger partial charge in [-0.05, 0) is 38.1 Å². The third kappa shape index (κ3) is 7.63. The van der Waals surface area contributed by atoms with Gasteiger partial charge in [-0.3, -0.25) is 0 Å². The zero-order chi connectivity index (χ0) is 14.8.